The van der Waals surface area contributed by atoms with Crippen molar-refractivity contribution in [2.45, 2.75) is 6.92 Å². The largest absolute Gasteiger partial charge is 0.460 e. The van der Waals surface area contributed by atoms with E-state index in [-0.39, 0.29) is 12.6 Å². The Morgan fingerprint density at radius 1 is 1.50 bits per heavy atom. The number of anilines is 1. The highest BCUT2D eigenvalue weighted by molar-refractivity contribution is 5.86. The fourth-order valence-electron chi connectivity index (χ4n) is 1.47. The summed E-state index contributed by atoms with van der Waals surface area (Å²) in [7, 11) is 0. The molecule has 0 saturated carbocycles. The first kappa shape index (κ1) is 12.2. The number of rotatable bonds is 5. The first-order valence-corrected chi connectivity index (χ1v) is 5.68. The maximum Gasteiger partial charge on any atom is 0.333 e. The summed E-state index contributed by atoms with van der Waals surface area (Å²) in [5.74, 6) is 0.295. The zero-order chi connectivity index (χ0) is 13.0. The predicted octanol–water partition coefficient (Wildman–Crippen LogP) is 2.09. The quantitative estimate of drug-likeness (QED) is 0.481. The number of aromatic amines is 1. The lowest BCUT2D eigenvalue weighted by Crippen LogP contribution is -2.14. The Labute approximate surface area is 105 Å². The number of benzene rings is 1. The van der Waals surface area contributed by atoms with Gasteiger partial charge in [0.15, 0.2) is 0 Å². The molecule has 0 unspecified atom stereocenters. The number of para-hydroxylation sites is 2. The van der Waals surface area contributed by atoms with Crippen molar-refractivity contribution in [3.05, 3.63) is 36.4 Å². The van der Waals surface area contributed by atoms with Crippen molar-refractivity contribution in [2.24, 2.45) is 0 Å². The Hall–Kier alpha value is -2.30. The first-order valence-electron chi connectivity index (χ1n) is 5.68. The summed E-state index contributed by atoms with van der Waals surface area (Å²) >= 11 is 0. The molecule has 1 aromatic heterocycles. The van der Waals surface area contributed by atoms with Crippen LogP contribution in [0.4, 0.5) is 5.95 Å². The van der Waals surface area contributed by atoms with Gasteiger partial charge >= 0.3 is 5.97 Å². The second-order valence-electron chi connectivity index (χ2n) is 3.95. The predicted molar refractivity (Wildman–Crippen MR) is 70.4 cm³/mol. The van der Waals surface area contributed by atoms with E-state index >= 15 is 0 Å². The van der Waals surface area contributed by atoms with Crippen LogP contribution in [0.2, 0.25) is 0 Å². The molecule has 0 bridgehead atoms. The molecule has 2 N–H and O–H groups in total. The highest BCUT2D eigenvalue weighted by atomic mass is 16.5. The number of hydrogen-bond donors (Lipinski definition) is 2. The van der Waals surface area contributed by atoms with Crippen LogP contribution in [0.15, 0.2) is 36.4 Å². The molecule has 0 spiro atoms. The smallest absolute Gasteiger partial charge is 0.333 e. The average Bonchev–Trinajstić information content (AvgIpc) is 2.76. The summed E-state index contributed by atoms with van der Waals surface area (Å²) < 4.78 is 4.96. The summed E-state index contributed by atoms with van der Waals surface area (Å²) in [5.41, 5.74) is 2.27. The van der Waals surface area contributed by atoms with E-state index in [1.54, 1.807) is 6.92 Å². The van der Waals surface area contributed by atoms with Gasteiger partial charge in [0.2, 0.25) is 5.95 Å². The summed E-state index contributed by atoms with van der Waals surface area (Å²) in [5, 5.41) is 3.05. The van der Waals surface area contributed by atoms with E-state index in [1.165, 1.54) is 0 Å². The van der Waals surface area contributed by atoms with Crippen LogP contribution in [-0.4, -0.2) is 29.1 Å². The number of nitrogens with one attached hydrogen (secondary N) is 2. The highest BCUT2D eigenvalue weighted by Crippen LogP contribution is 2.12. The Balaban J connectivity index is 1.83. The molecule has 0 aliphatic carbocycles. The third-order valence-electron chi connectivity index (χ3n) is 2.37. The van der Waals surface area contributed by atoms with E-state index in [1.807, 2.05) is 24.3 Å². The van der Waals surface area contributed by atoms with Gasteiger partial charge in [-0.25, -0.2) is 9.78 Å². The maximum atomic E-state index is 11.1. The number of carbonyl (C=O) groups is 1. The lowest BCUT2D eigenvalue weighted by molar-refractivity contribution is -0.138. The molecule has 94 valence electrons. The number of aromatic nitrogens is 2. The Kier molecular flexibility index (Phi) is 3.62. The van der Waals surface area contributed by atoms with Crippen LogP contribution in [0.5, 0.6) is 0 Å². The zero-order valence-corrected chi connectivity index (χ0v) is 10.2. The minimum atomic E-state index is -0.374. The fraction of sp³-hybridized carbons (Fsp3) is 0.231. The zero-order valence-electron chi connectivity index (χ0n) is 10.2. The van der Waals surface area contributed by atoms with Gasteiger partial charge in [-0.15, -0.1) is 0 Å². The molecule has 2 rings (SSSR count). The molecule has 0 aliphatic heterocycles. The number of nitrogens with zero attached hydrogens (tertiary/aromatic N) is 1. The van der Waals surface area contributed by atoms with Crippen molar-refractivity contribution in [3.8, 4) is 0 Å². The summed E-state index contributed by atoms with van der Waals surface area (Å²) in [4.78, 5) is 18.6. The highest BCUT2D eigenvalue weighted by Gasteiger charge is 2.03. The Morgan fingerprint density at radius 2 is 2.28 bits per heavy atom. The maximum absolute atomic E-state index is 11.1. The van der Waals surface area contributed by atoms with Gasteiger partial charge in [-0.05, 0) is 19.1 Å². The molecule has 5 nitrogen and oxygen atoms in total. The van der Waals surface area contributed by atoms with Gasteiger partial charge in [-0.2, -0.15) is 0 Å². The number of H-pyrrole nitrogens is 1. The summed E-state index contributed by atoms with van der Waals surface area (Å²) in [6.45, 7) is 5.91. The van der Waals surface area contributed by atoms with E-state index in [4.69, 9.17) is 4.74 Å². The molecule has 0 radical (unpaired) electrons. The monoisotopic (exact) mass is 245 g/mol. The third kappa shape index (κ3) is 2.88. The van der Waals surface area contributed by atoms with Gasteiger partial charge in [-0.3, -0.25) is 0 Å². The number of ether oxygens (including phenoxy) is 1. The second-order valence-corrected chi connectivity index (χ2v) is 3.95. The van der Waals surface area contributed by atoms with Gasteiger partial charge < -0.3 is 15.0 Å². The van der Waals surface area contributed by atoms with Crippen LogP contribution < -0.4 is 5.32 Å². The number of fused-ring (bicyclic) bond motifs is 1. The van der Waals surface area contributed by atoms with Crippen molar-refractivity contribution in [1.82, 2.24) is 9.97 Å². The second kappa shape index (κ2) is 5.35. The van der Waals surface area contributed by atoms with Crippen LogP contribution in [-0.2, 0) is 9.53 Å². The van der Waals surface area contributed by atoms with Gasteiger partial charge in [-0.1, -0.05) is 18.7 Å². The minimum absolute atomic E-state index is 0.280. The molecule has 2 aromatic rings. The van der Waals surface area contributed by atoms with E-state index in [0.717, 1.165) is 11.0 Å². The number of carbonyl (C=O) groups excluding carboxylic acids is 1. The van der Waals surface area contributed by atoms with E-state index in [0.29, 0.717) is 18.1 Å². The Bertz CT molecular complexity index is 541. The normalized spacial score (nSPS) is 10.3. The van der Waals surface area contributed by atoms with E-state index in [2.05, 4.69) is 21.9 Å². The average molecular weight is 245 g/mol. The molecule has 1 aromatic carbocycles. The summed E-state index contributed by atoms with van der Waals surface area (Å²) in [6, 6.07) is 7.76. The van der Waals surface area contributed by atoms with Crippen molar-refractivity contribution >= 4 is 23.0 Å². The van der Waals surface area contributed by atoms with Crippen LogP contribution in [0.1, 0.15) is 6.92 Å². The van der Waals surface area contributed by atoms with E-state index < -0.39 is 0 Å². The molecular formula is C13H15N3O2. The van der Waals surface area contributed by atoms with Gasteiger partial charge in [0, 0.05) is 5.57 Å². The first-order chi connectivity index (χ1) is 8.66. The van der Waals surface area contributed by atoms with Crippen molar-refractivity contribution in [3.63, 3.8) is 0 Å². The van der Waals surface area contributed by atoms with Gasteiger partial charge in [0.1, 0.15) is 6.61 Å². The molecule has 0 atom stereocenters. The van der Waals surface area contributed by atoms with Crippen LogP contribution in [0, 0.1) is 0 Å². The van der Waals surface area contributed by atoms with Crippen molar-refractivity contribution in [2.75, 3.05) is 18.5 Å². The molecule has 0 saturated heterocycles. The SMILES string of the molecule is C=C(C)C(=O)OCCNc1nc2ccccc2[nH]1. The minimum Gasteiger partial charge on any atom is -0.460 e. The van der Waals surface area contributed by atoms with Crippen molar-refractivity contribution < 1.29 is 9.53 Å². The van der Waals surface area contributed by atoms with Crippen LogP contribution in [0.3, 0.4) is 0 Å². The molecule has 18 heavy (non-hydrogen) atoms. The lowest BCUT2D eigenvalue weighted by atomic mass is 10.3. The fourth-order valence-corrected chi connectivity index (χ4v) is 1.47. The van der Waals surface area contributed by atoms with Gasteiger partial charge in [0.25, 0.3) is 0 Å². The Morgan fingerprint density at radius 3 is 3.00 bits per heavy atom. The third-order valence-corrected chi connectivity index (χ3v) is 2.37. The molecular weight excluding hydrogens is 230 g/mol. The molecule has 0 amide bonds. The molecule has 1 heterocycles. The number of hydrogen-bond acceptors (Lipinski definition) is 4. The topological polar surface area (TPSA) is 67.0 Å². The molecule has 0 fully saturated rings. The van der Waals surface area contributed by atoms with Crippen molar-refractivity contribution in [1.29, 1.82) is 0 Å². The lowest BCUT2D eigenvalue weighted by Gasteiger charge is -2.04. The standard InChI is InChI=1S/C13H15N3O2/c1-9(2)12(17)18-8-7-14-13-15-10-5-3-4-6-11(10)16-13/h3-6H,1,7-8H2,2H3,(H2,14,15,16). The van der Waals surface area contributed by atoms with Crippen LogP contribution in [0.25, 0.3) is 11.0 Å². The van der Waals surface area contributed by atoms with Gasteiger partial charge in [0.05, 0.1) is 17.6 Å². The van der Waals surface area contributed by atoms with Crippen LogP contribution >= 0.6 is 0 Å². The van der Waals surface area contributed by atoms with E-state index in [9.17, 15) is 4.79 Å². The summed E-state index contributed by atoms with van der Waals surface area (Å²) in [6.07, 6.45) is 0. The molecule has 5 heteroatoms. The number of imidazole rings is 1. The molecule has 0 aliphatic rings. The number of esters is 1.